The molecule has 0 saturated carbocycles. The van der Waals surface area contributed by atoms with Gasteiger partial charge in [0.15, 0.2) is 0 Å². The Kier molecular flexibility index (Phi) is 8.61. The van der Waals surface area contributed by atoms with E-state index in [1.165, 1.54) is 100 Å². The maximum atomic E-state index is 2.47. The Hall–Kier alpha value is -6.12. The molecule has 0 atom stereocenters. The van der Waals surface area contributed by atoms with Gasteiger partial charge in [-0.1, -0.05) is 109 Å². The number of rotatable bonds is 7. The molecule has 0 aliphatic heterocycles. The van der Waals surface area contributed by atoms with E-state index < -0.39 is 0 Å². The number of aryl methyl sites for hydroxylation is 6. The van der Waals surface area contributed by atoms with Crippen LogP contribution in [0.4, 0.5) is 34.1 Å². The van der Waals surface area contributed by atoms with Crippen LogP contribution >= 0.6 is 0 Å². The lowest BCUT2D eigenvalue weighted by atomic mass is 9.93. The first kappa shape index (κ1) is 33.0. The van der Waals surface area contributed by atoms with E-state index >= 15 is 0 Å². The van der Waals surface area contributed by atoms with Gasteiger partial charge in [0.05, 0.1) is 22.7 Å². The van der Waals surface area contributed by atoms with E-state index in [1.807, 2.05) is 0 Å². The molecular weight excluding hydrogens is 629 g/mol. The lowest BCUT2D eigenvalue weighted by molar-refractivity contribution is 1.20. The van der Waals surface area contributed by atoms with Crippen molar-refractivity contribution in [1.29, 1.82) is 0 Å². The summed E-state index contributed by atoms with van der Waals surface area (Å²) in [5.41, 5.74) is 17.1. The van der Waals surface area contributed by atoms with E-state index in [1.54, 1.807) is 0 Å². The van der Waals surface area contributed by atoms with Gasteiger partial charge in [-0.2, -0.15) is 0 Å². The van der Waals surface area contributed by atoms with E-state index in [-0.39, 0.29) is 0 Å². The number of hydrogen-bond donors (Lipinski definition) is 0. The van der Waals surface area contributed by atoms with Crippen LogP contribution in [0.15, 0.2) is 158 Å². The van der Waals surface area contributed by atoms with Gasteiger partial charge >= 0.3 is 0 Å². The van der Waals surface area contributed by atoms with Gasteiger partial charge in [-0.3, -0.25) is 0 Å². The first-order valence-corrected chi connectivity index (χ1v) is 18.2. The van der Waals surface area contributed by atoms with Crippen LogP contribution in [0.2, 0.25) is 0 Å². The second-order valence-corrected chi connectivity index (χ2v) is 14.2. The first-order chi connectivity index (χ1) is 25.3. The Bertz CT molecular complexity index is 2370. The van der Waals surface area contributed by atoms with Gasteiger partial charge in [0.25, 0.3) is 0 Å². The minimum Gasteiger partial charge on any atom is -0.309 e. The average Bonchev–Trinajstić information content (AvgIpc) is 3.15. The molecular formula is C50H44N2. The molecule has 0 bridgehead atoms. The highest BCUT2D eigenvalue weighted by molar-refractivity contribution is 6.01. The van der Waals surface area contributed by atoms with Crippen LogP contribution in [0.5, 0.6) is 0 Å². The van der Waals surface area contributed by atoms with Crippen LogP contribution in [0, 0.1) is 41.5 Å². The quantitative estimate of drug-likeness (QED) is 0.166. The van der Waals surface area contributed by atoms with E-state index in [0.29, 0.717) is 0 Å². The minimum atomic E-state index is 1.19. The number of nitrogens with zero attached hydrogens (tertiary/aromatic N) is 2. The van der Waals surface area contributed by atoms with Crippen molar-refractivity contribution in [3.63, 3.8) is 0 Å². The zero-order valence-electron chi connectivity index (χ0n) is 30.9. The summed E-state index contributed by atoms with van der Waals surface area (Å²) >= 11 is 0. The van der Waals surface area contributed by atoms with Crippen molar-refractivity contribution < 1.29 is 0 Å². The molecule has 0 fully saturated rings. The lowest BCUT2D eigenvalue weighted by Crippen LogP contribution is -2.15. The highest BCUT2D eigenvalue weighted by atomic mass is 15.2. The normalized spacial score (nSPS) is 11.3. The van der Waals surface area contributed by atoms with E-state index in [4.69, 9.17) is 0 Å². The predicted octanol–water partition coefficient (Wildman–Crippen LogP) is 14.5. The molecule has 0 amide bonds. The monoisotopic (exact) mass is 672 g/mol. The molecule has 8 rings (SSSR count). The van der Waals surface area contributed by atoms with Gasteiger partial charge < -0.3 is 9.80 Å². The molecule has 0 radical (unpaired) electrons. The summed E-state index contributed by atoms with van der Waals surface area (Å²) in [4.78, 5) is 4.94. The zero-order valence-corrected chi connectivity index (χ0v) is 30.9. The summed E-state index contributed by atoms with van der Waals surface area (Å²) in [6.07, 6.45) is 0. The number of anilines is 6. The number of hydrogen-bond acceptors (Lipinski definition) is 2. The molecule has 0 saturated heterocycles. The van der Waals surface area contributed by atoms with Crippen LogP contribution < -0.4 is 9.80 Å². The smallest absolute Gasteiger partial charge is 0.0540 e. The van der Waals surface area contributed by atoms with Crippen molar-refractivity contribution in [3.05, 3.63) is 191 Å². The van der Waals surface area contributed by atoms with Gasteiger partial charge in [0, 0.05) is 22.1 Å². The largest absolute Gasteiger partial charge is 0.309 e. The SMILES string of the molecule is Cc1ccccc1N(c1c(C)cc(-c2cc(C)c(N(c3ccccc3C)c3cccc4ccccc34)c(C)c2)cc1C)c1cccc2ccccc12. The molecule has 0 spiro atoms. The highest BCUT2D eigenvalue weighted by Crippen LogP contribution is 2.47. The van der Waals surface area contributed by atoms with Crippen LogP contribution in [-0.4, -0.2) is 0 Å². The Balaban J connectivity index is 1.28. The third-order valence-electron chi connectivity index (χ3n) is 10.5. The van der Waals surface area contributed by atoms with Gasteiger partial charge in [-0.15, -0.1) is 0 Å². The fourth-order valence-electron chi connectivity index (χ4n) is 8.13. The molecule has 0 aliphatic rings. The van der Waals surface area contributed by atoms with Crippen molar-refractivity contribution in [1.82, 2.24) is 0 Å². The second-order valence-electron chi connectivity index (χ2n) is 14.2. The molecule has 8 aromatic rings. The van der Waals surface area contributed by atoms with Gasteiger partial charge in [0.1, 0.15) is 0 Å². The molecule has 0 heterocycles. The second kappa shape index (κ2) is 13.5. The van der Waals surface area contributed by atoms with Crippen LogP contribution in [0.3, 0.4) is 0 Å². The molecule has 0 N–H and O–H groups in total. The van der Waals surface area contributed by atoms with Crippen molar-refractivity contribution in [3.8, 4) is 11.1 Å². The molecule has 0 unspecified atom stereocenters. The Labute approximate surface area is 308 Å². The Morgan fingerprint density at radius 3 is 0.981 bits per heavy atom. The number of benzene rings is 8. The van der Waals surface area contributed by atoms with E-state index in [2.05, 4.69) is 209 Å². The lowest BCUT2D eigenvalue weighted by Gasteiger charge is -2.32. The summed E-state index contributed by atoms with van der Waals surface area (Å²) in [7, 11) is 0. The standard InChI is InChI=1S/C50H44N2/c1-33-17-7-13-25-45(33)51(47-27-15-21-39-19-9-11-23-43(39)47)49-35(3)29-41(30-36(49)4)42-31-37(5)50(38(6)32-42)52(46-26-14-8-18-34(46)2)48-28-16-22-40-20-10-12-24-44(40)48/h7-32H,1-6H3. The fraction of sp³-hybridized carbons (Fsp3) is 0.120. The van der Waals surface area contributed by atoms with Gasteiger partial charge in [-0.05, 0) is 145 Å². The number of para-hydroxylation sites is 2. The summed E-state index contributed by atoms with van der Waals surface area (Å²) in [5.74, 6) is 0. The van der Waals surface area contributed by atoms with Crippen molar-refractivity contribution >= 4 is 55.7 Å². The predicted molar refractivity (Wildman–Crippen MR) is 225 cm³/mol. The van der Waals surface area contributed by atoms with Crippen molar-refractivity contribution in [2.75, 3.05) is 9.80 Å². The maximum absolute atomic E-state index is 2.47. The fourth-order valence-corrected chi connectivity index (χ4v) is 8.13. The summed E-state index contributed by atoms with van der Waals surface area (Å²) in [6, 6.07) is 57.6. The summed E-state index contributed by atoms with van der Waals surface area (Å²) < 4.78 is 0. The van der Waals surface area contributed by atoms with Gasteiger partial charge in [0.2, 0.25) is 0 Å². The van der Waals surface area contributed by atoms with Crippen LogP contribution in [0.1, 0.15) is 33.4 Å². The summed E-state index contributed by atoms with van der Waals surface area (Å²) in [6.45, 7) is 13.5. The molecule has 0 aromatic heterocycles. The number of fused-ring (bicyclic) bond motifs is 2. The van der Waals surface area contributed by atoms with Crippen molar-refractivity contribution in [2.24, 2.45) is 0 Å². The average molecular weight is 673 g/mol. The maximum Gasteiger partial charge on any atom is 0.0540 e. The molecule has 254 valence electrons. The minimum absolute atomic E-state index is 1.19. The molecule has 2 nitrogen and oxygen atoms in total. The van der Waals surface area contributed by atoms with Crippen LogP contribution in [0.25, 0.3) is 32.7 Å². The van der Waals surface area contributed by atoms with E-state index in [0.717, 1.165) is 0 Å². The van der Waals surface area contributed by atoms with Gasteiger partial charge in [-0.25, -0.2) is 0 Å². The molecule has 52 heavy (non-hydrogen) atoms. The Morgan fingerprint density at radius 1 is 0.288 bits per heavy atom. The first-order valence-electron chi connectivity index (χ1n) is 18.2. The summed E-state index contributed by atoms with van der Waals surface area (Å²) in [5, 5.41) is 4.95. The third kappa shape index (κ3) is 5.81. The van der Waals surface area contributed by atoms with Crippen molar-refractivity contribution in [2.45, 2.75) is 41.5 Å². The highest BCUT2D eigenvalue weighted by Gasteiger charge is 2.23. The zero-order chi connectivity index (χ0) is 35.9. The Morgan fingerprint density at radius 2 is 0.596 bits per heavy atom. The van der Waals surface area contributed by atoms with Crippen LogP contribution in [-0.2, 0) is 0 Å². The van der Waals surface area contributed by atoms with E-state index in [9.17, 15) is 0 Å². The topological polar surface area (TPSA) is 6.48 Å². The third-order valence-corrected chi connectivity index (χ3v) is 10.5. The molecule has 0 aliphatic carbocycles. The molecule has 2 heteroatoms. The molecule has 8 aromatic carbocycles.